The highest BCUT2D eigenvalue weighted by molar-refractivity contribution is 14.1. The lowest BCUT2D eigenvalue weighted by Gasteiger charge is -2.09. The molecule has 1 aromatic carbocycles. The van der Waals surface area contributed by atoms with Crippen LogP contribution in [0.25, 0.3) is 0 Å². The second-order valence-electron chi connectivity index (χ2n) is 2.35. The van der Waals surface area contributed by atoms with Crippen LogP contribution in [0.2, 0.25) is 0 Å². The Labute approximate surface area is 106 Å². The van der Waals surface area contributed by atoms with Gasteiger partial charge in [0, 0.05) is 0 Å². The summed E-state index contributed by atoms with van der Waals surface area (Å²) < 4.78 is -0.00963. The Balaban J connectivity index is 3.68. The molecule has 7 heteroatoms. The van der Waals surface area contributed by atoms with Crippen LogP contribution in [0.4, 0.5) is 0 Å². The van der Waals surface area contributed by atoms with E-state index in [4.69, 9.17) is 5.11 Å². The topological polar surface area (TPSA) is 98.0 Å². The SMILES string of the molecule is O=C(O)c1c(I)c(O)c(O)c(O)c1I. The number of aromatic hydroxyl groups is 3. The standard InChI is InChI=1S/C7H4I2O5/c8-2-1(7(13)14)3(9)5(11)6(12)4(2)10/h10-12H,(H,13,14). The molecule has 0 amide bonds. The monoisotopic (exact) mass is 422 g/mol. The number of carbonyl (C=O) groups is 1. The van der Waals surface area contributed by atoms with Crippen LogP contribution in [-0.4, -0.2) is 26.4 Å². The van der Waals surface area contributed by atoms with Crippen molar-refractivity contribution in [1.29, 1.82) is 0 Å². The van der Waals surface area contributed by atoms with E-state index in [0.29, 0.717) is 0 Å². The fourth-order valence-corrected chi connectivity index (χ4v) is 2.87. The number of phenolic OH excluding ortho intramolecular Hbond substituents is 3. The van der Waals surface area contributed by atoms with Crippen LogP contribution < -0.4 is 0 Å². The molecule has 0 spiro atoms. The van der Waals surface area contributed by atoms with Gasteiger partial charge in [-0.1, -0.05) is 0 Å². The predicted molar refractivity (Wildman–Crippen MR) is 63.8 cm³/mol. The smallest absolute Gasteiger partial charge is 0.338 e. The second-order valence-corrected chi connectivity index (χ2v) is 4.51. The predicted octanol–water partition coefficient (Wildman–Crippen LogP) is 1.71. The summed E-state index contributed by atoms with van der Waals surface area (Å²) in [4.78, 5) is 10.7. The highest BCUT2D eigenvalue weighted by Crippen LogP contribution is 2.44. The van der Waals surface area contributed by atoms with Gasteiger partial charge in [-0.3, -0.25) is 0 Å². The molecule has 0 radical (unpaired) electrons. The van der Waals surface area contributed by atoms with Gasteiger partial charge in [-0.25, -0.2) is 4.79 Å². The Morgan fingerprint density at radius 2 is 1.29 bits per heavy atom. The van der Waals surface area contributed by atoms with Crippen molar-refractivity contribution < 1.29 is 25.2 Å². The van der Waals surface area contributed by atoms with Crippen molar-refractivity contribution >= 4 is 51.2 Å². The molecule has 4 N–H and O–H groups in total. The molecule has 0 fully saturated rings. The zero-order valence-corrected chi connectivity index (χ0v) is 10.8. The minimum atomic E-state index is -1.27. The Morgan fingerprint density at radius 3 is 1.57 bits per heavy atom. The van der Waals surface area contributed by atoms with Crippen molar-refractivity contribution in [2.75, 3.05) is 0 Å². The molecule has 0 aliphatic rings. The summed E-state index contributed by atoms with van der Waals surface area (Å²) in [5.41, 5.74) is -0.223. The van der Waals surface area contributed by atoms with E-state index < -0.39 is 23.2 Å². The second kappa shape index (κ2) is 3.96. The summed E-state index contributed by atoms with van der Waals surface area (Å²) in [5.74, 6) is -3.23. The quantitative estimate of drug-likeness (QED) is 0.409. The summed E-state index contributed by atoms with van der Waals surface area (Å²) in [7, 11) is 0. The molecule has 1 aromatic rings. The number of rotatable bonds is 1. The van der Waals surface area contributed by atoms with Gasteiger partial charge in [-0.15, -0.1) is 0 Å². The van der Waals surface area contributed by atoms with Gasteiger partial charge in [0.05, 0.1) is 12.7 Å². The van der Waals surface area contributed by atoms with Crippen LogP contribution >= 0.6 is 45.2 Å². The maximum atomic E-state index is 10.7. The summed E-state index contributed by atoms with van der Waals surface area (Å²) in [5, 5.41) is 36.5. The number of benzene rings is 1. The first-order valence-electron chi connectivity index (χ1n) is 3.23. The van der Waals surface area contributed by atoms with Gasteiger partial charge in [0.2, 0.25) is 5.75 Å². The third-order valence-electron chi connectivity index (χ3n) is 1.52. The lowest BCUT2D eigenvalue weighted by molar-refractivity contribution is 0.0693. The van der Waals surface area contributed by atoms with E-state index in [1.165, 1.54) is 0 Å². The largest absolute Gasteiger partial charge is 0.503 e. The fraction of sp³-hybridized carbons (Fsp3) is 0. The van der Waals surface area contributed by atoms with E-state index in [0.717, 1.165) is 0 Å². The van der Waals surface area contributed by atoms with Crippen LogP contribution in [-0.2, 0) is 0 Å². The molecule has 0 heterocycles. The lowest BCUT2D eigenvalue weighted by atomic mass is 10.2. The van der Waals surface area contributed by atoms with Gasteiger partial charge in [0.25, 0.3) is 0 Å². The van der Waals surface area contributed by atoms with Gasteiger partial charge >= 0.3 is 5.97 Å². The van der Waals surface area contributed by atoms with Crippen molar-refractivity contribution in [2.24, 2.45) is 0 Å². The minimum absolute atomic E-state index is 0.00481. The van der Waals surface area contributed by atoms with Crippen molar-refractivity contribution in [1.82, 2.24) is 0 Å². The number of hydrogen-bond acceptors (Lipinski definition) is 4. The maximum absolute atomic E-state index is 10.7. The molecule has 0 aliphatic carbocycles. The normalized spacial score (nSPS) is 10.1. The first kappa shape index (κ1) is 11.6. The Morgan fingerprint density at radius 1 is 0.929 bits per heavy atom. The fourth-order valence-electron chi connectivity index (χ4n) is 0.841. The van der Waals surface area contributed by atoms with E-state index in [1.807, 2.05) is 0 Å². The maximum Gasteiger partial charge on any atom is 0.338 e. The third kappa shape index (κ3) is 1.69. The third-order valence-corrected chi connectivity index (χ3v) is 3.62. The van der Waals surface area contributed by atoms with Crippen LogP contribution in [0.1, 0.15) is 10.4 Å². The minimum Gasteiger partial charge on any atom is -0.503 e. The molecule has 14 heavy (non-hydrogen) atoms. The van der Waals surface area contributed by atoms with Gasteiger partial charge in [-0.05, 0) is 45.2 Å². The van der Waals surface area contributed by atoms with Crippen molar-refractivity contribution in [3.8, 4) is 17.2 Å². The van der Waals surface area contributed by atoms with Gasteiger partial charge in [0.15, 0.2) is 11.5 Å². The number of halogens is 2. The Kier molecular flexibility index (Phi) is 3.29. The molecule has 0 bridgehead atoms. The molecule has 0 atom stereocenters. The number of carboxylic acids is 1. The molecular formula is C7H4I2O5. The van der Waals surface area contributed by atoms with E-state index in [2.05, 4.69) is 0 Å². The molecule has 0 aromatic heterocycles. The lowest BCUT2D eigenvalue weighted by Crippen LogP contribution is -2.03. The summed E-state index contributed by atoms with van der Waals surface area (Å²) in [6.07, 6.45) is 0. The number of hydrogen-bond donors (Lipinski definition) is 4. The average Bonchev–Trinajstić information content (AvgIpc) is 2.11. The van der Waals surface area contributed by atoms with Crippen LogP contribution in [0.3, 0.4) is 0 Å². The van der Waals surface area contributed by atoms with Crippen molar-refractivity contribution in [3.05, 3.63) is 12.7 Å². The van der Waals surface area contributed by atoms with Crippen molar-refractivity contribution in [2.45, 2.75) is 0 Å². The summed E-state index contributed by atoms with van der Waals surface area (Å²) >= 11 is 3.16. The van der Waals surface area contributed by atoms with Crippen LogP contribution in [0, 0.1) is 7.14 Å². The molecule has 0 aliphatic heterocycles. The summed E-state index contributed by atoms with van der Waals surface area (Å²) in [6.45, 7) is 0. The van der Waals surface area contributed by atoms with Crippen LogP contribution in [0.15, 0.2) is 0 Å². The average molecular weight is 422 g/mol. The molecular weight excluding hydrogens is 418 g/mol. The molecule has 76 valence electrons. The Hall–Kier alpha value is -0.450. The van der Waals surface area contributed by atoms with E-state index in [9.17, 15) is 20.1 Å². The van der Waals surface area contributed by atoms with E-state index in [1.54, 1.807) is 45.2 Å². The highest BCUT2D eigenvalue weighted by atomic mass is 127. The van der Waals surface area contributed by atoms with E-state index in [-0.39, 0.29) is 12.7 Å². The first-order valence-corrected chi connectivity index (χ1v) is 5.38. The van der Waals surface area contributed by atoms with Gasteiger partial charge < -0.3 is 20.4 Å². The number of carboxylic acid groups (broad SMARTS) is 1. The van der Waals surface area contributed by atoms with Crippen molar-refractivity contribution in [3.63, 3.8) is 0 Å². The zero-order valence-electron chi connectivity index (χ0n) is 6.45. The number of phenols is 3. The molecule has 0 unspecified atom stereocenters. The summed E-state index contributed by atoms with van der Waals surface area (Å²) in [6, 6.07) is 0. The Bertz CT molecular complexity index is 386. The van der Waals surface area contributed by atoms with Crippen LogP contribution in [0.5, 0.6) is 17.2 Å². The first-order chi connectivity index (χ1) is 6.37. The zero-order chi connectivity index (χ0) is 11.0. The molecule has 1 rings (SSSR count). The molecule has 0 saturated carbocycles. The van der Waals surface area contributed by atoms with Gasteiger partial charge in [0.1, 0.15) is 0 Å². The molecule has 5 nitrogen and oxygen atoms in total. The van der Waals surface area contributed by atoms with E-state index >= 15 is 0 Å². The number of aromatic carboxylic acids is 1. The molecule has 0 saturated heterocycles. The highest BCUT2D eigenvalue weighted by Gasteiger charge is 2.24. The van der Waals surface area contributed by atoms with Gasteiger partial charge in [-0.2, -0.15) is 0 Å².